The Hall–Kier alpha value is -3.03. The third-order valence-corrected chi connectivity index (χ3v) is 4.95. The number of H-pyrrole nitrogens is 1. The summed E-state index contributed by atoms with van der Waals surface area (Å²) in [4.78, 5) is 12.3. The molecule has 4 rings (SSSR count). The molecule has 28 heavy (non-hydrogen) atoms. The SMILES string of the molecule is O=C(Nc1n[nH]c2cc(-c3ccc(OC(F)(F)F)cc3)ccc12)C1CCCC1. The molecule has 1 aliphatic carbocycles. The van der Waals surface area contributed by atoms with E-state index in [1.165, 1.54) is 12.1 Å². The summed E-state index contributed by atoms with van der Waals surface area (Å²) < 4.78 is 40.7. The van der Waals surface area contributed by atoms with Crippen molar-refractivity contribution in [1.29, 1.82) is 0 Å². The predicted molar refractivity (Wildman–Crippen MR) is 98.8 cm³/mol. The number of nitrogens with one attached hydrogen (secondary N) is 2. The zero-order valence-corrected chi connectivity index (χ0v) is 14.8. The van der Waals surface area contributed by atoms with Crippen molar-refractivity contribution in [3.05, 3.63) is 42.5 Å². The molecule has 2 N–H and O–H groups in total. The fraction of sp³-hybridized carbons (Fsp3) is 0.300. The van der Waals surface area contributed by atoms with Crippen molar-refractivity contribution in [3.8, 4) is 16.9 Å². The first-order valence-corrected chi connectivity index (χ1v) is 9.04. The van der Waals surface area contributed by atoms with Crippen molar-refractivity contribution in [2.75, 3.05) is 5.32 Å². The molecule has 0 saturated heterocycles. The molecule has 146 valence electrons. The molecule has 5 nitrogen and oxygen atoms in total. The summed E-state index contributed by atoms with van der Waals surface area (Å²) in [5.74, 6) is 0.266. The number of aromatic nitrogens is 2. The van der Waals surface area contributed by atoms with Crippen molar-refractivity contribution in [3.63, 3.8) is 0 Å². The Kier molecular flexibility index (Phi) is 4.70. The highest BCUT2D eigenvalue weighted by atomic mass is 19.4. The first-order valence-electron chi connectivity index (χ1n) is 9.04. The maximum atomic E-state index is 12.3. The largest absolute Gasteiger partial charge is 0.573 e. The molecule has 0 radical (unpaired) electrons. The number of ether oxygens (including phenoxy) is 1. The van der Waals surface area contributed by atoms with Gasteiger partial charge in [-0.2, -0.15) is 5.10 Å². The zero-order chi connectivity index (χ0) is 19.7. The van der Waals surface area contributed by atoms with Crippen molar-refractivity contribution in [2.45, 2.75) is 32.0 Å². The number of hydrogen-bond acceptors (Lipinski definition) is 3. The van der Waals surface area contributed by atoms with Gasteiger partial charge in [-0.15, -0.1) is 13.2 Å². The third-order valence-electron chi connectivity index (χ3n) is 4.95. The average molecular weight is 389 g/mol. The van der Waals surface area contributed by atoms with Gasteiger partial charge in [0.05, 0.1) is 5.52 Å². The van der Waals surface area contributed by atoms with Crippen LogP contribution in [0.5, 0.6) is 5.75 Å². The Morgan fingerprint density at radius 3 is 2.43 bits per heavy atom. The number of alkyl halides is 3. The quantitative estimate of drug-likeness (QED) is 0.640. The van der Waals surface area contributed by atoms with Crippen LogP contribution in [-0.4, -0.2) is 22.5 Å². The van der Waals surface area contributed by atoms with Gasteiger partial charge in [0.2, 0.25) is 5.91 Å². The number of nitrogens with zero attached hydrogens (tertiary/aromatic N) is 1. The minimum atomic E-state index is -4.71. The van der Waals surface area contributed by atoms with Gasteiger partial charge in [-0.1, -0.05) is 31.0 Å². The standard InChI is InChI=1S/C20H18F3N3O2/c21-20(22,23)28-15-8-5-12(6-9-15)14-7-10-16-17(11-14)25-26-18(16)24-19(27)13-3-1-2-4-13/h5-11,13H,1-4H2,(H2,24,25,26,27). The number of anilines is 1. The number of fused-ring (bicyclic) bond motifs is 1. The fourth-order valence-corrected chi connectivity index (χ4v) is 3.55. The van der Waals surface area contributed by atoms with E-state index >= 15 is 0 Å². The van der Waals surface area contributed by atoms with E-state index in [2.05, 4.69) is 20.3 Å². The van der Waals surface area contributed by atoms with Crippen molar-refractivity contribution < 1.29 is 22.7 Å². The van der Waals surface area contributed by atoms with E-state index in [9.17, 15) is 18.0 Å². The molecule has 0 spiro atoms. The fourth-order valence-electron chi connectivity index (χ4n) is 3.55. The minimum absolute atomic E-state index is 0.00442. The molecule has 0 unspecified atom stereocenters. The molecule has 0 bridgehead atoms. The van der Waals surface area contributed by atoms with E-state index < -0.39 is 6.36 Å². The molecule has 1 heterocycles. The van der Waals surface area contributed by atoms with E-state index in [1.807, 2.05) is 18.2 Å². The Morgan fingerprint density at radius 1 is 1.07 bits per heavy atom. The normalized spacial score (nSPS) is 15.1. The summed E-state index contributed by atoms with van der Waals surface area (Å²) in [5, 5.41) is 10.8. The zero-order valence-electron chi connectivity index (χ0n) is 14.8. The van der Waals surface area contributed by atoms with Gasteiger partial charge in [0.15, 0.2) is 5.82 Å². The number of rotatable bonds is 4. The van der Waals surface area contributed by atoms with Gasteiger partial charge in [0, 0.05) is 11.3 Å². The maximum absolute atomic E-state index is 12.3. The first-order chi connectivity index (χ1) is 13.4. The lowest BCUT2D eigenvalue weighted by Crippen LogP contribution is -2.20. The van der Waals surface area contributed by atoms with Crippen LogP contribution in [0.25, 0.3) is 22.0 Å². The molecule has 2 aromatic carbocycles. The van der Waals surface area contributed by atoms with E-state index in [0.29, 0.717) is 5.82 Å². The number of carbonyl (C=O) groups is 1. The highest BCUT2D eigenvalue weighted by Gasteiger charge is 2.31. The number of amides is 1. The lowest BCUT2D eigenvalue weighted by molar-refractivity contribution is -0.274. The first kappa shape index (κ1) is 18.3. The number of hydrogen-bond donors (Lipinski definition) is 2. The summed E-state index contributed by atoms with van der Waals surface area (Å²) in [6.45, 7) is 0. The van der Waals surface area contributed by atoms with Crippen molar-refractivity contribution in [1.82, 2.24) is 10.2 Å². The second-order valence-corrected chi connectivity index (χ2v) is 6.88. The van der Waals surface area contributed by atoms with Crippen LogP contribution < -0.4 is 10.1 Å². The summed E-state index contributed by atoms with van der Waals surface area (Å²) >= 11 is 0. The molecule has 1 amide bonds. The summed E-state index contributed by atoms with van der Waals surface area (Å²) in [5.41, 5.74) is 2.28. The molecule has 3 aromatic rings. The number of carbonyl (C=O) groups excluding carboxylic acids is 1. The van der Waals surface area contributed by atoms with Gasteiger partial charge >= 0.3 is 6.36 Å². The van der Waals surface area contributed by atoms with Crippen molar-refractivity contribution >= 4 is 22.6 Å². The van der Waals surface area contributed by atoms with E-state index in [-0.39, 0.29) is 17.6 Å². The molecule has 1 aromatic heterocycles. The molecule has 8 heteroatoms. The number of aromatic amines is 1. The summed E-state index contributed by atoms with van der Waals surface area (Å²) in [6, 6.07) is 11.2. The molecular weight excluding hydrogens is 371 g/mol. The Morgan fingerprint density at radius 2 is 1.75 bits per heavy atom. The van der Waals surface area contributed by atoms with Crippen LogP contribution in [0.15, 0.2) is 42.5 Å². The third kappa shape index (κ3) is 3.95. The lowest BCUT2D eigenvalue weighted by Gasteiger charge is -2.10. The molecule has 1 aliphatic rings. The molecular formula is C20H18F3N3O2. The van der Waals surface area contributed by atoms with Gasteiger partial charge in [-0.05, 0) is 48.2 Å². The van der Waals surface area contributed by atoms with Crippen LogP contribution in [0.4, 0.5) is 19.0 Å². The molecule has 1 fully saturated rings. The highest BCUT2D eigenvalue weighted by molar-refractivity contribution is 6.01. The van der Waals surface area contributed by atoms with Gasteiger partial charge in [0.25, 0.3) is 0 Å². The van der Waals surface area contributed by atoms with Crippen LogP contribution in [0.2, 0.25) is 0 Å². The summed E-state index contributed by atoms with van der Waals surface area (Å²) in [7, 11) is 0. The van der Waals surface area contributed by atoms with Gasteiger partial charge < -0.3 is 10.1 Å². The smallest absolute Gasteiger partial charge is 0.406 e. The highest BCUT2D eigenvalue weighted by Crippen LogP contribution is 2.31. The Bertz CT molecular complexity index is 990. The maximum Gasteiger partial charge on any atom is 0.573 e. The van der Waals surface area contributed by atoms with Gasteiger partial charge in [-0.25, -0.2) is 0 Å². The predicted octanol–water partition coefficient (Wildman–Crippen LogP) is 5.26. The monoisotopic (exact) mass is 389 g/mol. The number of halogens is 3. The second-order valence-electron chi connectivity index (χ2n) is 6.88. The van der Waals surface area contributed by atoms with E-state index in [0.717, 1.165) is 47.7 Å². The van der Waals surface area contributed by atoms with Gasteiger partial charge in [-0.3, -0.25) is 9.89 Å². The lowest BCUT2D eigenvalue weighted by atomic mass is 10.0. The minimum Gasteiger partial charge on any atom is -0.406 e. The van der Waals surface area contributed by atoms with E-state index in [4.69, 9.17) is 0 Å². The Labute approximate surface area is 158 Å². The second kappa shape index (κ2) is 7.18. The summed E-state index contributed by atoms with van der Waals surface area (Å²) in [6.07, 6.45) is -0.737. The van der Waals surface area contributed by atoms with Crippen LogP contribution in [-0.2, 0) is 4.79 Å². The van der Waals surface area contributed by atoms with Crippen LogP contribution >= 0.6 is 0 Å². The average Bonchev–Trinajstić information content (AvgIpc) is 3.31. The topological polar surface area (TPSA) is 67.0 Å². The molecule has 0 atom stereocenters. The molecule has 1 saturated carbocycles. The van der Waals surface area contributed by atoms with Crippen LogP contribution in [0, 0.1) is 5.92 Å². The van der Waals surface area contributed by atoms with Gasteiger partial charge in [0.1, 0.15) is 5.75 Å². The van der Waals surface area contributed by atoms with E-state index in [1.54, 1.807) is 12.1 Å². The number of benzene rings is 2. The van der Waals surface area contributed by atoms with Crippen LogP contribution in [0.3, 0.4) is 0 Å². The van der Waals surface area contributed by atoms with Crippen LogP contribution in [0.1, 0.15) is 25.7 Å². The molecule has 0 aliphatic heterocycles. The Balaban J connectivity index is 1.53. The van der Waals surface area contributed by atoms with Crippen molar-refractivity contribution in [2.24, 2.45) is 5.92 Å².